The summed E-state index contributed by atoms with van der Waals surface area (Å²) < 4.78 is 7.95. The monoisotopic (exact) mass is 299 g/mol. The maximum absolute atomic E-state index is 5.84. The molecule has 22 heavy (non-hydrogen) atoms. The van der Waals surface area contributed by atoms with Gasteiger partial charge in [-0.2, -0.15) is 0 Å². The van der Waals surface area contributed by atoms with Gasteiger partial charge in [0.05, 0.1) is 24.9 Å². The number of nitrogens with zero attached hydrogens (tertiary/aromatic N) is 4. The van der Waals surface area contributed by atoms with Gasteiger partial charge in [0.2, 0.25) is 0 Å². The van der Waals surface area contributed by atoms with Crippen molar-refractivity contribution in [1.82, 2.24) is 25.3 Å². The predicted molar refractivity (Wildman–Crippen MR) is 81.1 cm³/mol. The van der Waals surface area contributed by atoms with Crippen molar-refractivity contribution in [2.24, 2.45) is 5.92 Å². The summed E-state index contributed by atoms with van der Waals surface area (Å²) in [4.78, 5) is 4.10. The molecule has 6 nitrogen and oxygen atoms in total. The second kappa shape index (κ2) is 6.14. The fourth-order valence-electron chi connectivity index (χ4n) is 2.94. The number of aromatic nitrogens is 4. The fourth-order valence-corrected chi connectivity index (χ4v) is 2.94. The summed E-state index contributed by atoms with van der Waals surface area (Å²) in [6, 6.07) is 4.10. The third kappa shape index (κ3) is 3.03. The molecule has 1 fully saturated rings. The van der Waals surface area contributed by atoms with Crippen molar-refractivity contribution in [3.05, 3.63) is 41.5 Å². The molecule has 0 amide bonds. The Bertz CT molecular complexity index is 623. The van der Waals surface area contributed by atoms with Crippen LogP contribution in [0.3, 0.4) is 0 Å². The lowest BCUT2D eigenvalue weighted by Crippen LogP contribution is -2.33. The van der Waals surface area contributed by atoms with E-state index in [1.54, 1.807) is 6.20 Å². The van der Waals surface area contributed by atoms with E-state index in [-0.39, 0.29) is 6.04 Å². The van der Waals surface area contributed by atoms with Gasteiger partial charge in [-0.15, -0.1) is 5.10 Å². The van der Waals surface area contributed by atoms with Crippen LogP contribution >= 0.6 is 0 Å². The van der Waals surface area contributed by atoms with Gasteiger partial charge in [-0.05, 0) is 30.4 Å². The van der Waals surface area contributed by atoms with Gasteiger partial charge < -0.3 is 10.1 Å². The first-order valence-electron chi connectivity index (χ1n) is 8.02. The van der Waals surface area contributed by atoms with Gasteiger partial charge in [-0.3, -0.25) is 4.98 Å². The van der Waals surface area contributed by atoms with Gasteiger partial charge in [-0.1, -0.05) is 11.3 Å². The average Bonchev–Trinajstić information content (AvgIpc) is 3.28. The maximum atomic E-state index is 5.84. The molecule has 1 aliphatic carbocycles. The Hall–Kier alpha value is -1.79. The molecule has 2 aliphatic rings. The molecule has 4 rings (SSSR count). The molecule has 0 bridgehead atoms. The Morgan fingerprint density at radius 2 is 2.32 bits per heavy atom. The number of rotatable bonds is 6. The first kappa shape index (κ1) is 13.8. The molecule has 1 saturated carbocycles. The summed E-state index contributed by atoms with van der Waals surface area (Å²) in [6.07, 6.45) is 7.30. The van der Waals surface area contributed by atoms with Crippen LogP contribution in [0.4, 0.5) is 0 Å². The van der Waals surface area contributed by atoms with Gasteiger partial charge in [0.1, 0.15) is 5.69 Å². The van der Waals surface area contributed by atoms with Crippen molar-refractivity contribution in [2.45, 2.75) is 38.5 Å². The normalized spacial score (nSPS) is 20.8. The third-order valence-electron chi connectivity index (χ3n) is 4.35. The predicted octanol–water partition coefficient (Wildman–Crippen LogP) is 1.49. The number of ether oxygens (including phenoxy) is 1. The molecule has 2 aromatic heterocycles. The highest BCUT2D eigenvalue weighted by Gasteiger charge is 2.29. The van der Waals surface area contributed by atoms with Crippen LogP contribution in [0, 0.1) is 5.92 Å². The number of hydrogen-bond donors (Lipinski definition) is 1. The molecule has 1 N–H and O–H groups in total. The van der Waals surface area contributed by atoms with E-state index in [9.17, 15) is 0 Å². The lowest BCUT2D eigenvalue weighted by Gasteiger charge is -2.23. The zero-order chi connectivity index (χ0) is 14.8. The maximum Gasteiger partial charge on any atom is 0.105 e. The van der Waals surface area contributed by atoms with Crippen LogP contribution in [0.1, 0.15) is 35.8 Å². The fraction of sp³-hybridized carbons (Fsp3) is 0.562. The van der Waals surface area contributed by atoms with E-state index in [4.69, 9.17) is 4.74 Å². The van der Waals surface area contributed by atoms with Crippen LogP contribution in [0.5, 0.6) is 0 Å². The molecule has 0 aromatic carbocycles. The summed E-state index contributed by atoms with van der Waals surface area (Å²) >= 11 is 0. The van der Waals surface area contributed by atoms with Gasteiger partial charge in [0, 0.05) is 31.9 Å². The van der Waals surface area contributed by atoms with Crippen molar-refractivity contribution in [1.29, 1.82) is 0 Å². The average molecular weight is 299 g/mol. The van der Waals surface area contributed by atoms with Crippen LogP contribution in [0.15, 0.2) is 24.5 Å². The van der Waals surface area contributed by atoms with Crippen LogP contribution in [0.2, 0.25) is 0 Å². The molecule has 116 valence electrons. The molecule has 1 unspecified atom stereocenters. The minimum absolute atomic E-state index is 0.147. The molecule has 0 radical (unpaired) electrons. The minimum atomic E-state index is 0.147. The summed E-state index contributed by atoms with van der Waals surface area (Å²) in [7, 11) is 0. The summed E-state index contributed by atoms with van der Waals surface area (Å²) in [6.45, 7) is 3.19. The molecule has 1 atom stereocenters. The van der Waals surface area contributed by atoms with E-state index in [1.165, 1.54) is 18.5 Å². The Labute approximate surface area is 129 Å². The van der Waals surface area contributed by atoms with Gasteiger partial charge in [-0.25, -0.2) is 4.68 Å². The second-order valence-electron chi connectivity index (χ2n) is 6.18. The van der Waals surface area contributed by atoms with Crippen molar-refractivity contribution in [3.63, 3.8) is 0 Å². The van der Waals surface area contributed by atoms with E-state index in [0.717, 1.165) is 36.7 Å². The zero-order valence-electron chi connectivity index (χ0n) is 12.6. The lowest BCUT2D eigenvalue weighted by atomic mass is 10.1. The first-order valence-corrected chi connectivity index (χ1v) is 8.02. The van der Waals surface area contributed by atoms with E-state index in [2.05, 4.69) is 25.3 Å². The molecule has 0 saturated heterocycles. The number of hydrogen-bond acceptors (Lipinski definition) is 5. The van der Waals surface area contributed by atoms with Crippen molar-refractivity contribution in [2.75, 3.05) is 13.2 Å². The van der Waals surface area contributed by atoms with Gasteiger partial charge >= 0.3 is 0 Å². The van der Waals surface area contributed by atoms with E-state index < -0.39 is 0 Å². The molecular formula is C16H21N5O. The summed E-state index contributed by atoms with van der Waals surface area (Å²) in [5.74, 6) is 0.820. The van der Waals surface area contributed by atoms with Crippen LogP contribution in [-0.2, 0) is 24.3 Å². The molecular weight excluding hydrogens is 278 g/mol. The zero-order valence-corrected chi connectivity index (χ0v) is 12.6. The van der Waals surface area contributed by atoms with Gasteiger partial charge in [0.25, 0.3) is 0 Å². The standard InChI is InChI=1S/C16H21N5O/c1-2-13(8-17-6-1)10-22-11-14-16-15(5-7-18-14)21(20-19-16)9-12-3-4-12/h1-2,6,8,12,14,18H,3-5,7,9-11H2. The Balaban J connectivity index is 1.38. The Morgan fingerprint density at radius 1 is 1.36 bits per heavy atom. The minimum Gasteiger partial charge on any atom is -0.375 e. The van der Waals surface area contributed by atoms with Crippen molar-refractivity contribution < 1.29 is 4.74 Å². The Morgan fingerprint density at radius 3 is 3.14 bits per heavy atom. The largest absolute Gasteiger partial charge is 0.375 e. The second-order valence-corrected chi connectivity index (χ2v) is 6.18. The first-order chi connectivity index (χ1) is 10.9. The molecule has 3 heterocycles. The number of fused-ring (bicyclic) bond motifs is 1. The van der Waals surface area contributed by atoms with Gasteiger partial charge in [0.15, 0.2) is 0 Å². The van der Waals surface area contributed by atoms with E-state index in [0.29, 0.717) is 13.2 Å². The third-order valence-corrected chi connectivity index (χ3v) is 4.35. The molecule has 6 heteroatoms. The molecule has 2 aromatic rings. The number of nitrogens with one attached hydrogen (secondary N) is 1. The van der Waals surface area contributed by atoms with Crippen molar-refractivity contribution >= 4 is 0 Å². The summed E-state index contributed by atoms with van der Waals surface area (Å²) in [5.41, 5.74) is 3.45. The molecule has 0 spiro atoms. The van der Waals surface area contributed by atoms with Crippen LogP contribution < -0.4 is 5.32 Å². The van der Waals surface area contributed by atoms with Crippen molar-refractivity contribution in [3.8, 4) is 0 Å². The van der Waals surface area contributed by atoms with Crippen LogP contribution in [0.25, 0.3) is 0 Å². The Kier molecular flexibility index (Phi) is 3.86. The quantitative estimate of drug-likeness (QED) is 0.875. The highest BCUT2D eigenvalue weighted by Crippen LogP contribution is 2.31. The topological polar surface area (TPSA) is 64.9 Å². The highest BCUT2D eigenvalue weighted by molar-refractivity contribution is 5.19. The summed E-state index contributed by atoms with van der Waals surface area (Å²) in [5, 5.41) is 12.2. The molecule has 1 aliphatic heterocycles. The highest BCUT2D eigenvalue weighted by atomic mass is 16.5. The lowest BCUT2D eigenvalue weighted by molar-refractivity contribution is 0.0955. The SMILES string of the molecule is c1cncc(COCC2NCCc3c2nnn3CC2CC2)c1. The number of pyridine rings is 1. The van der Waals surface area contributed by atoms with Crippen LogP contribution in [-0.4, -0.2) is 33.1 Å². The smallest absolute Gasteiger partial charge is 0.105 e. The van der Waals surface area contributed by atoms with E-state index >= 15 is 0 Å². The van der Waals surface area contributed by atoms with E-state index in [1.807, 2.05) is 18.3 Å².